The van der Waals surface area contributed by atoms with Crippen molar-refractivity contribution in [2.45, 2.75) is 0 Å². The molecule has 2 aromatic rings. The smallest absolute Gasteiger partial charge is 0.255 e. The van der Waals surface area contributed by atoms with Gasteiger partial charge in [-0.1, -0.05) is 28.9 Å². The first kappa shape index (κ1) is 14.1. The summed E-state index contributed by atoms with van der Waals surface area (Å²) >= 11 is 5.79. The highest BCUT2D eigenvalue weighted by Gasteiger charge is 2.05. The van der Waals surface area contributed by atoms with Gasteiger partial charge in [0.1, 0.15) is 7.11 Å². The average Bonchev–Trinajstić information content (AvgIpc) is 2.48. The number of hydrogen-bond donors (Lipinski definition) is 1. The number of benzene rings is 2. The molecule has 0 fully saturated rings. The van der Waals surface area contributed by atoms with Crippen LogP contribution in [0.15, 0.2) is 53.7 Å². The minimum Gasteiger partial charge on any atom is -0.399 e. The van der Waals surface area contributed by atoms with Gasteiger partial charge in [0, 0.05) is 16.3 Å². The van der Waals surface area contributed by atoms with Crippen molar-refractivity contribution >= 4 is 29.4 Å². The van der Waals surface area contributed by atoms with Gasteiger partial charge >= 0.3 is 0 Å². The average molecular weight is 289 g/mol. The highest BCUT2D eigenvalue weighted by atomic mass is 35.5. The Hall–Kier alpha value is -2.33. The number of nitrogens with one attached hydrogen (secondary N) is 1. The molecule has 2 rings (SSSR count). The molecule has 0 saturated heterocycles. The first-order chi connectivity index (χ1) is 9.69. The maximum Gasteiger partial charge on any atom is 0.255 e. The highest BCUT2D eigenvalue weighted by molar-refractivity contribution is 6.30. The van der Waals surface area contributed by atoms with E-state index in [1.54, 1.807) is 54.7 Å². The molecular formula is C15H13ClN2O2. The van der Waals surface area contributed by atoms with E-state index in [0.29, 0.717) is 16.3 Å². The largest absolute Gasteiger partial charge is 0.399 e. The number of hydrogen-bond acceptors (Lipinski definition) is 3. The van der Waals surface area contributed by atoms with Gasteiger partial charge in [-0.25, -0.2) is 0 Å². The summed E-state index contributed by atoms with van der Waals surface area (Å²) in [5, 5.41) is 7.08. The zero-order valence-electron chi connectivity index (χ0n) is 10.8. The van der Waals surface area contributed by atoms with E-state index in [2.05, 4.69) is 15.3 Å². The summed E-state index contributed by atoms with van der Waals surface area (Å²) in [6.45, 7) is 0. The van der Waals surface area contributed by atoms with Crippen molar-refractivity contribution in [2.75, 3.05) is 12.4 Å². The number of rotatable bonds is 4. The number of carbonyl (C=O) groups excluding carboxylic acids is 1. The lowest BCUT2D eigenvalue weighted by atomic mass is 10.1. The van der Waals surface area contributed by atoms with Crippen molar-refractivity contribution in [3.63, 3.8) is 0 Å². The number of halogens is 1. The van der Waals surface area contributed by atoms with Gasteiger partial charge in [-0.2, -0.15) is 0 Å². The Balaban J connectivity index is 2.05. The number of nitrogens with zero attached hydrogens (tertiary/aromatic N) is 1. The molecule has 0 atom stereocenters. The summed E-state index contributed by atoms with van der Waals surface area (Å²) in [6.07, 6.45) is 1.57. The van der Waals surface area contributed by atoms with Crippen molar-refractivity contribution in [1.82, 2.24) is 0 Å². The Labute approximate surface area is 122 Å². The zero-order chi connectivity index (χ0) is 14.4. The van der Waals surface area contributed by atoms with E-state index < -0.39 is 0 Å². The van der Waals surface area contributed by atoms with Crippen molar-refractivity contribution in [3.05, 3.63) is 64.7 Å². The third-order valence-corrected chi connectivity index (χ3v) is 2.83. The summed E-state index contributed by atoms with van der Waals surface area (Å²) in [6, 6.07) is 14.0. The van der Waals surface area contributed by atoms with Crippen LogP contribution in [0, 0.1) is 0 Å². The molecule has 5 heteroatoms. The van der Waals surface area contributed by atoms with Crippen molar-refractivity contribution in [2.24, 2.45) is 5.16 Å². The molecule has 0 unspecified atom stereocenters. The van der Waals surface area contributed by atoms with Gasteiger partial charge in [-0.05, 0) is 42.0 Å². The summed E-state index contributed by atoms with van der Waals surface area (Å²) in [5.41, 5.74) is 2.12. The summed E-state index contributed by atoms with van der Waals surface area (Å²) in [4.78, 5) is 16.6. The maximum atomic E-state index is 12.0. The second kappa shape index (κ2) is 6.73. The van der Waals surface area contributed by atoms with Gasteiger partial charge in [0.05, 0.1) is 6.21 Å². The van der Waals surface area contributed by atoms with Gasteiger partial charge in [0.25, 0.3) is 5.91 Å². The summed E-state index contributed by atoms with van der Waals surface area (Å²) in [7, 11) is 1.48. The Morgan fingerprint density at radius 3 is 2.40 bits per heavy atom. The topological polar surface area (TPSA) is 50.7 Å². The molecule has 1 amide bonds. The Kier molecular flexibility index (Phi) is 4.74. The lowest BCUT2D eigenvalue weighted by molar-refractivity contribution is 0.102. The molecule has 0 radical (unpaired) electrons. The SMILES string of the molecule is CO/N=C/c1ccc(C(=O)Nc2ccc(Cl)cc2)cc1. The summed E-state index contributed by atoms with van der Waals surface area (Å²) < 4.78 is 0. The second-order valence-electron chi connectivity index (χ2n) is 4.00. The van der Waals surface area contributed by atoms with Crippen LogP contribution in [0.4, 0.5) is 5.69 Å². The Morgan fingerprint density at radius 2 is 1.80 bits per heavy atom. The fourth-order valence-corrected chi connectivity index (χ4v) is 1.70. The van der Waals surface area contributed by atoms with Crippen LogP contribution in [0.25, 0.3) is 0 Å². The van der Waals surface area contributed by atoms with Crippen LogP contribution in [0.2, 0.25) is 5.02 Å². The van der Waals surface area contributed by atoms with E-state index in [0.717, 1.165) is 5.56 Å². The van der Waals surface area contributed by atoms with Gasteiger partial charge in [0.2, 0.25) is 0 Å². The van der Waals surface area contributed by atoms with Crippen LogP contribution in [-0.2, 0) is 4.84 Å². The molecule has 0 heterocycles. The minimum atomic E-state index is -0.178. The lowest BCUT2D eigenvalue weighted by Gasteiger charge is -2.05. The second-order valence-corrected chi connectivity index (χ2v) is 4.44. The Morgan fingerprint density at radius 1 is 1.15 bits per heavy atom. The predicted octanol–water partition coefficient (Wildman–Crippen LogP) is 3.57. The quantitative estimate of drug-likeness (QED) is 0.690. The number of anilines is 1. The fourth-order valence-electron chi connectivity index (χ4n) is 1.57. The molecule has 0 aliphatic carbocycles. The monoisotopic (exact) mass is 288 g/mol. The first-order valence-electron chi connectivity index (χ1n) is 5.92. The van der Waals surface area contributed by atoms with Gasteiger partial charge in [-0.15, -0.1) is 0 Å². The van der Waals surface area contributed by atoms with Crippen LogP contribution in [0.1, 0.15) is 15.9 Å². The van der Waals surface area contributed by atoms with Crippen LogP contribution in [-0.4, -0.2) is 19.2 Å². The standard InChI is InChI=1S/C15H13ClN2O2/c1-20-17-10-11-2-4-12(5-3-11)15(19)18-14-8-6-13(16)7-9-14/h2-10H,1H3,(H,18,19)/b17-10+. The highest BCUT2D eigenvalue weighted by Crippen LogP contribution is 2.14. The zero-order valence-corrected chi connectivity index (χ0v) is 11.6. The van der Waals surface area contributed by atoms with E-state index in [-0.39, 0.29) is 5.91 Å². The van der Waals surface area contributed by atoms with Crippen LogP contribution < -0.4 is 5.32 Å². The van der Waals surface area contributed by atoms with Gasteiger partial charge in [0.15, 0.2) is 0 Å². The van der Waals surface area contributed by atoms with Crippen molar-refractivity contribution in [1.29, 1.82) is 0 Å². The van der Waals surface area contributed by atoms with E-state index in [9.17, 15) is 4.79 Å². The molecule has 0 aromatic heterocycles. The fraction of sp³-hybridized carbons (Fsp3) is 0.0667. The van der Waals surface area contributed by atoms with E-state index in [1.807, 2.05) is 0 Å². The van der Waals surface area contributed by atoms with Crippen LogP contribution >= 0.6 is 11.6 Å². The number of oxime groups is 1. The minimum absolute atomic E-state index is 0.178. The molecule has 2 aromatic carbocycles. The van der Waals surface area contributed by atoms with Crippen LogP contribution in [0.5, 0.6) is 0 Å². The molecule has 102 valence electrons. The molecule has 0 aliphatic rings. The van der Waals surface area contributed by atoms with Gasteiger partial charge in [-0.3, -0.25) is 4.79 Å². The third kappa shape index (κ3) is 3.83. The van der Waals surface area contributed by atoms with Crippen molar-refractivity contribution < 1.29 is 9.63 Å². The first-order valence-corrected chi connectivity index (χ1v) is 6.30. The number of carbonyl (C=O) groups is 1. The molecule has 0 bridgehead atoms. The summed E-state index contributed by atoms with van der Waals surface area (Å²) in [5.74, 6) is -0.178. The van der Waals surface area contributed by atoms with E-state index >= 15 is 0 Å². The molecular weight excluding hydrogens is 276 g/mol. The Bertz CT molecular complexity index is 607. The maximum absolute atomic E-state index is 12.0. The lowest BCUT2D eigenvalue weighted by Crippen LogP contribution is -2.11. The normalized spacial score (nSPS) is 10.5. The number of amides is 1. The molecule has 0 aliphatic heterocycles. The molecule has 0 saturated carbocycles. The van der Waals surface area contributed by atoms with Gasteiger partial charge < -0.3 is 10.2 Å². The molecule has 20 heavy (non-hydrogen) atoms. The van der Waals surface area contributed by atoms with E-state index in [1.165, 1.54) is 7.11 Å². The van der Waals surface area contributed by atoms with Crippen LogP contribution in [0.3, 0.4) is 0 Å². The molecule has 1 N–H and O–H groups in total. The van der Waals surface area contributed by atoms with E-state index in [4.69, 9.17) is 11.6 Å². The predicted molar refractivity (Wildman–Crippen MR) is 80.5 cm³/mol. The third-order valence-electron chi connectivity index (χ3n) is 2.58. The molecule has 0 spiro atoms. The van der Waals surface area contributed by atoms with Crippen molar-refractivity contribution in [3.8, 4) is 0 Å². The molecule has 4 nitrogen and oxygen atoms in total.